The maximum absolute atomic E-state index is 10.8. The molecule has 8 nitrogen and oxygen atoms in total. The first-order chi connectivity index (χ1) is 13.0. The Hall–Kier alpha value is -3.39. The van der Waals surface area contributed by atoms with Crippen molar-refractivity contribution in [1.29, 1.82) is 0 Å². The second-order valence-corrected chi connectivity index (χ2v) is 6.13. The number of benzene rings is 2. The number of nitro groups is 1. The minimum absolute atomic E-state index is 0.00130. The van der Waals surface area contributed by atoms with Gasteiger partial charge in [-0.1, -0.05) is 28.9 Å². The van der Waals surface area contributed by atoms with Crippen molar-refractivity contribution in [3.8, 4) is 5.69 Å². The second-order valence-electron chi connectivity index (χ2n) is 5.69. The maximum atomic E-state index is 10.8. The lowest BCUT2D eigenvalue weighted by molar-refractivity contribution is -0.384. The highest BCUT2D eigenvalue weighted by Gasteiger charge is 2.12. The van der Waals surface area contributed by atoms with Crippen LogP contribution in [0.2, 0.25) is 5.02 Å². The highest BCUT2D eigenvalue weighted by molar-refractivity contribution is 6.30. The van der Waals surface area contributed by atoms with Gasteiger partial charge in [-0.25, -0.2) is 4.68 Å². The lowest BCUT2D eigenvalue weighted by Crippen LogP contribution is -2.01. The van der Waals surface area contributed by atoms with E-state index in [1.165, 1.54) is 18.3 Å². The van der Waals surface area contributed by atoms with Crippen LogP contribution in [0.5, 0.6) is 0 Å². The predicted molar refractivity (Wildman–Crippen MR) is 104 cm³/mol. The summed E-state index contributed by atoms with van der Waals surface area (Å²) in [5.74, 6) is 0. The molecule has 0 bridgehead atoms. The van der Waals surface area contributed by atoms with E-state index in [0.29, 0.717) is 22.0 Å². The molecule has 1 aromatic heterocycles. The molecular weight excluding hydrogens is 368 g/mol. The summed E-state index contributed by atoms with van der Waals surface area (Å²) in [7, 11) is 0. The summed E-state index contributed by atoms with van der Waals surface area (Å²) in [6.07, 6.45) is 1.45. The van der Waals surface area contributed by atoms with Crippen molar-refractivity contribution in [3.05, 3.63) is 80.6 Å². The van der Waals surface area contributed by atoms with Crippen LogP contribution in [0.1, 0.15) is 23.9 Å². The molecule has 0 aliphatic carbocycles. The van der Waals surface area contributed by atoms with Gasteiger partial charge in [0.25, 0.3) is 5.69 Å². The molecule has 0 atom stereocenters. The van der Waals surface area contributed by atoms with Crippen LogP contribution < -0.4 is 0 Å². The molecule has 3 aromatic rings. The second kappa shape index (κ2) is 7.88. The summed E-state index contributed by atoms with van der Waals surface area (Å²) in [5.41, 5.74) is 3.42. The van der Waals surface area contributed by atoms with Crippen LogP contribution in [0.25, 0.3) is 5.69 Å². The fourth-order valence-corrected chi connectivity index (χ4v) is 2.57. The van der Waals surface area contributed by atoms with Gasteiger partial charge in [0.2, 0.25) is 0 Å². The molecule has 0 fully saturated rings. The van der Waals surface area contributed by atoms with Crippen LogP contribution in [0, 0.1) is 17.0 Å². The number of nitrogens with zero attached hydrogens (tertiary/aromatic N) is 6. The first-order valence-electron chi connectivity index (χ1n) is 7.96. The number of hydrogen-bond acceptors (Lipinski definition) is 6. The van der Waals surface area contributed by atoms with E-state index in [1.54, 1.807) is 35.9 Å². The Morgan fingerprint density at radius 3 is 2.70 bits per heavy atom. The molecule has 0 saturated heterocycles. The quantitative estimate of drug-likeness (QED) is 0.378. The molecule has 0 saturated carbocycles. The molecule has 0 amide bonds. The van der Waals surface area contributed by atoms with E-state index < -0.39 is 4.92 Å². The van der Waals surface area contributed by atoms with Crippen LogP contribution in [0.3, 0.4) is 0 Å². The molecule has 0 aliphatic rings. The normalized spacial score (nSPS) is 11.9. The number of hydrogen-bond donors (Lipinski definition) is 0. The molecule has 0 unspecified atom stereocenters. The van der Waals surface area contributed by atoms with Gasteiger partial charge in [0.05, 0.1) is 28.2 Å². The Labute approximate surface area is 160 Å². The highest BCUT2D eigenvalue weighted by Crippen LogP contribution is 2.16. The monoisotopic (exact) mass is 382 g/mol. The van der Waals surface area contributed by atoms with Crippen molar-refractivity contribution >= 4 is 29.2 Å². The van der Waals surface area contributed by atoms with Gasteiger partial charge in [-0.15, -0.1) is 5.10 Å². The van der Waals surface area contributed by atoms with E-state index in [-0.39, 0.29) is 5.69 Å². The zero-order chi connectivity index (χ0) is 19.4. The Kier molecular flexibility index (Phi) is 5.37. The van der Waals surface area contributed by atoms with Gasteiger partial charge >= 0.3 is 0 Å². The maximum Gasteiger partial charge on any atom is 0.270 e. The molecule has 27 heavy (non-hydrogen) atoms. The molecule has 0 radical (unpaired) electrons. The Morgan fingerprint density at radius 2 is 2.00 bits per heavy atom. The molecule has 1 heterocycles. The van der Waals surface area contributed by atoms with E-state index in [1.807, 2.05) is 19.1 Å². The zero-order valence-electron chi connectivity index (χ0n) is 14.6. The first kappa shape index (κ1) is 18.4. The minimum Gasteiger partial charge on any atom is -0.258 e. The number of halogens is 1. The Balaban J connectivity index is 1.81. The smallest absolute Gasteiger partial charge is 0.258 e. The van der Waals surface area contributed by atoms with Gasteiger partial charge in [-0.05, 0) is 38.1 Å². The average molecular weight is 383 g/mol. The Morgan fingerprint density at radius 1 is 1.26 bits per heavy atom. The van der Waals surface area contributed by atoms with Gasteiger partial charge < -0.3 is 0 Å². The summed E-state index contributed by atoms with van der Waals surface area (Å²) >= 11 is 5.91. The van der Waals surface area contributed by atoms with E-state index >= 15 is 0 Å². The van der Waals surface area contributed by atoms with Gasteiger partial charge in [-0.2, -0.15) is 10.2 Å². The van der Waals surface area contributed by atoms with Crippen LogP contribution >= 0.6 is 11.6 Å². The fourth-order valence-electron chi connectivity index (χ4n) is 2.44. The standard InChI is InChI=1S/C18H15ClN6O2/c1-12(21-20-11-14-4-3-5-17(10-14)25(26)27)18-13(2)24(23-22-18)16-8-6-15(19)7-9-16/h3-11H,1-2H3/b20-11+,21-12+. The zero-order valence-corrected chi connectivity index (χ0v) is 15.3. The number of aromatic nitrogens is 3. The number of rotatable bonds is 5. The molecule has 0 N–H and O–H groups in total. The molecule has 2 aromatic carbocycles. The largest absolute Gasteiger partial charge is 0.270 e. The third-order valence-electron chi connectivity index (χ3n) is 3.80. The number of non-ortho nitro benzene ring substituents is 1. The topological polar surface area (TPSA) is 98.6 Å². The average Bonchev–Trinajstić information content (AvgIpc) is 3.04. The van der Waals surface area contributed by atoms with Crippen molar-refractivity contribution in [2.45, 2.75) is 13.8 Å². The van der Waals surface area contributed by atoms with Crippen LogP contribution in [0.4, 0.5) is 5.69 Å². The van der Waals surface area contributed by atoms with Gasteiger partial charge in [0, 0.05) is 22.7 Å². The van der Waals surface area contributed by atoms with E-state index in [4.69, 9.17) is 11.6 Å². The van der Waals surface area contributed by atoms with E-state index in [0.717, 1.165) is 11.4 Å². The molecule has 0 spiro atoms. The number of nitro benzene ring substituents is 1. The first-order valence-corrected chi connectivity index (χ1v) is 8.34. The van der Waals surface area contributed by atoms with Crippen molar-refractivity contribution in [2.24, 2.45) is 10.2 Å². The predicted octanol–water partition coefficient (Wildman–Crippen LogP) is 3.98. The van der Waals surface area contributed by atoms with Gasteiger partial charge in [0.1, 0.15) is 5.69 Å². The summed E-state index contributed by atoms with van der Waals surface area (Å²) in [6, 6.07) is 13.4. The Bertz CT molecular complexity index is 1040. The molecule has 136 valence electrons. The molecule has 0 aliphatic heterocycles. The molecular formula is C18H15ClN6O2. The SMILES string of the molecule is C/C(=N\N=C\c1cccc([N+](=O)[O-])c1)c1nnn(-c2ccc(Cl)cc2)c1C. The van der Waals surface area contributed by atoms with Crippen molar-refractivity contribution in [3.63, 3.8) is 0 Å². The van der Waals surface area contributed by atoms with Crippen LogP contribution in [-0.4, -0.2) is 31.8 Å². The third-order valence-corrected chi connectivity index (χ3v) is 4.06. The van der Waals surface area contributed by atoms with Crippen LogP contribution in [-0.2, 0) is 0 Å². The van der Waals surface area contributed by atoms with Crippen molar-refractivity contribution in [1.82, 2.24) is 15.0 Å². The third kappa shape index (κ3) is 4.24. The van der Waals surface area contributed by atoms with E-state index in [2.05, 4.69) is 20.5 Å². The summed E-state index contributed by atoms with van der Waals surface area (Å²) in [5, 5.41) is 27.9. The fraction of sp³-hybridized carbons (Fsp3) is 0.111. The molecule has 3 rings (SSSR count). The summed E-state index contributed by atoms with van der Waals surface area (Å²) < 4.78 is 1.69. The van der Waals surface area contributed by atoms with Gasteiger partial charge in [0.15, 0.2) is 0 Å². The van der Waals surface area contributed by atoms with Crippen molar-refractivity contribution in [2.75, 3.05) is 0 Å². The lowest BCUT2D eigenvalue weighted by Gasteiger charge is -2.03. The summed E-state index contributed by atoms with van der Waals surface area (Å²) in [4.78, 5) is 10.4. The van der Waals surface area contributed by atoms with Gasteiger partial charge in [-0.3, -0.25) is 10.1 Å². The van der Waals surface area contributed by atoms with Crippen molar-refractivity contribution < 1.29 is 4.92 Å². The highest BCUT2D eigenvalue weighted by atomic mass is 35.5. The van der Waals surface area contributed by atoms with Crippen LogP contribution in [0.15, 0.2) is 58.7 Å². The lowest BCUT2D eigenvalue weighted by atomic mass is 10.2. The van der Waals surface area contributed by atoms with E-state index in [9.17, 15) is 10.1 Å². The minimum atomic E-state index is -0.454. The summed E-state index contributed by atoms with van der Waals surface area (Å²) in [6.45, 7) is 3.65. The molecule has 9 heteroatoms.